The molecule has 0 radical (unpaired) electrons. The Morgan fingerprint density at radius 3 is 3.00 bits per heavy atom. The van der Waals surface area contributed by atoms with Crippen LogP contribution < -0.4 is 0 Å². The van der Waals surface area contributed by atoms with E-state index in [4.69, 9.17) is 11.6 Å². The molecule has 1 atom stereocenters. The first-order valence-corrected chi connectivity index (χ1v) is 6.95. The average molecular weight is 321 g/mol. The van der Waals surface area contributed by atoms with Gasteiger partial charge in [-0.15, -0.1) is 0 Å². The maximum Gasteiger partial charge on any atom is 0.254 e. The number of hydrogen-bond acceptors (Lipinski definition) is 1. The highest BCUT2D eigenvalue weighted by atomic mass is 79.9. The molecule has 1 aromatic rings. The molecule has 1 saturated heterocycles. The molecule has 1 aliphatic heterocycles. The highest BCUT2D eigenvalue weighted by Crippen LogP contribution is 2.23. The van der Waals surface area contributed by atoms with E-state index in [0.717, 1.165) is 24.7 Å². The zero-order valence-corrected chi connectivity index (χ0v) is 11.5. The Kier molecular flexibility index (Phi) is 4.05. The van der Waals surface area contributed by atoms with Crippen LogP contribution in [0.1, 0.15) is 23.2 Å². The lowest BCUT2D eigenvalue weighted by molar-refractivity contribution is 0.0750. The molecule has 92 valence electrons. The van der Waals surface area contributed by atoms with Crippen LogP contribution in [0.3, 0.4) is 0 Å². The molecule has 1 fully saturated rings. The molecule has 0 N–H and O–H groups in total. The van der Waals surface area contributed by atoms with Crippen molar-refractivity contribution in [1.82, 2.24) is 4.90 Å². The number of likely N-dealkylation sites (tertiary alicyclic amines) is 1. The van der Waals surface area contributed by atoms with Crippen molar-refractivity contribution >= 4 is 33.4 Å². The third kappa shape index (κ3) is 2.63. The van der Waals surface area contributed by atoms with E-state index in [1.807, 2.05) is 4.90 Å². The van der Waals surface area contributed by atoms with Crippen molar-refractivity contribution in [3.63, 3.8) is 0 Å². The maximum atomic E-state index is 13.0. The summed E-state index contributed by atoms with van der Waals surface area (Å²) in [5, 5.41) is 0.763. The van der Waals surface area contributed by atoms with Gasteiger partial charge in [-0.1, -0.05) is 27.5 Å². The van der Waals surface area contributed by atoms with E-state index in [2.05, 4.69) is 15.9 Å². The van der Waals surface area contributed by atoms with Gasteiger partial charge in [0.05, 0.1) is 5.02 Å². The van der Waals surface area contributed by atoms with Gasteiger partial charge in [-0.25, -0.2) is 4.39 Å². The Hall–Kier alpha value is -0.610. The van der Waals surface area contributed by atoms with Crippen LogP contribution >= 0.6 is 27.5 Å². The van der Waals surface area contributed by atoms with Gasteiger partial charge in [0.1, 0.15) is 5.82 Å². The monoisotopic (exact) mass is 319 g/mol. The van der Waals surface area contributed by atoms with Crippen LogP contribution in [-0.4, -0.2) is 28.7 Å². The van der Waals surface area contributed by atoms with Crippen molar-refractivity contribution in [2.45, 2.75) is 18.9 Å². The van der Waals surface area contributed by atoms with Gasteiger partial charge in [0.15, 0.2) is 0 Å². The molecular weight excluding hydrogens is 308 g/mol. The third-order valence-electron chi connectivity index (χ3n) is 2.98. The summed E-state index contributed by atoms with van der Waals surface area (Å²) in [7, 11) is 0. The number of halogens is 3. The van der Waals surface area contributed by atoms with E-state index in [0.29, 0.717) is 5.56 Å². The lowest BCUT2D eigenvalue weighted by Gasteiger charge is -2.23. The molecule has 1 heterocycles. The Morgan fingerprint density at radius 2 is 2.35 bits per heavy atom. The predicted molar refractivity (Wildman–Crippen MR) is 69.3 cm³/mol. The number of benzene rings is 1. The van der Waals surface area contributed by atoms with Crippen molar-refractivity contribution in [3.05, 3.63) is 34.6 Å². The minimum atomic E-state index is -0.498. The van der Waals surface area contributed by atoms with Crippen LogP contribution in [0.5, 0.6) is 0 Å². The fraction of sp³-hybridized carbons (Fsp3) is 0.417. The molecular formula is C12H12BrClFNO. The van der Waals surface area contributed by atoms with Crippen LogP contribution in [0.15, 0.2) is 18.2 Å². The minimum absolute atomic E-state index is 0.00885. The van der Waals surface area contributed by atoms with Gasteiger partial charge in [0.25, 0.3) is 5.91 Å². The lowest BCUT2D eigenvalue weighted by Crippen LogP contribution is -2.36. The lowest BCUT2D eigenvalue weighted by atomic mass is 10.2. The molecule has 1 aromatic carbocycles. The van der Waals surface area contributed by atoms with Gasteiger partial charge in [-0.2, -0.15) is 0 Å². The number of carbonyl (C=O) groups excluding carboxylic acids is 1. The normalized spacial score (nSPS) is 19.7. The summed E-state index contributed by atoms with van der Waals surface area (Å²) in [5.74, 6) is -0.574. The Morgan fingerprint density at radius 1 is 1.59 bits per heavy atom. The van der Waals surface area contributed by atoms with Gasteiger partial charge in [-0.05, 0) is 31.0 Å². The molecule has 2 rings (SSSR count). The van der Waals surface area contributed by atoms with Crippen LogP contribution in [0, 0.1) is 5.82 Å². The minimum Gasteiger partial charge on any atom is -0.335 e. The average Bonchev–Trinajstić information content (AvgIpc) is 2.80. The van der Waals surface area contributed by atoms with Gasteiger partial charge < -0.3 is 4.90 Å². The summed E-state index contributed by atoms with van der Waals surface area (Å²) >= 11 is 9.08. The molecule has 1 aliphatic rings. The van der Waals surface area contributed by atoms with E-state index in [1.54, 1.807) is 0 Å². The molecule has 1 unspecified atom stereocenters. The predicted octanol–water partition coefficient (Wildman–Crippen LogP) is 3.48. The van der Waals surface area contributed by atoms with E-state index >= 15 is 0 Å². The van der Waals surface area contributed by atoms with Gasteiger partial charge in [0.2, 0.25) is 0 Å². The SMILES string of the molecule is O=C(c1ccc(F)c(Cl)c1)N1CCCC1CBr. The summed E-state index contributed by atoms with van der Waals surface area (Å²) in [5.41, 5.74) is 0.448. The van der Waals surface area contributed by atoms with Crippen LogP contribution in [0.2, 0.25) is 5.02 Å². The molecule has 0 spiro atoms. The van der Waals surface area contributed by atoms with Crippen LogP contribution in [0.4, 0.5) is 4.39 Å². The fourth-order valence-corrected chi connectivity index (χ4v) is 2.91. The zero-order valence-electron chi connectivity index (χ0n) is 9.13. The van der Waals surface area contributed by atoms with E-state index < -0.39 is 5.82 Å². The largest absolute Gasteiger partial charge is 0.335 e. The van der Waals surface area contributed by atoms with E-state index in [1.165, 1.54) is 18.2 Å². The summed E-state index contributed by atoms with van der Waals surface area (Å²) in [4.78, 5) is 14.0. The van der Waals surface area contributed by atoms with Crippen molar-refractivity contribution in [3.8, 4) is 0 Å². The molecule has 0 aromatic heterocycles. The first-order valence-electron chi connectivity index (χ1n) is 5.45. The van der Waals surface area contributed by atoms with Crippen molar-refractivity contribution in [2.24, 2.45) is 0 Å². The second-order valence-corrected chi connectivity index (χ2v) is 5.13. The number of hydrogen-bond donors (Lipinski definition) is 0. The van der Waals surface area contributed by atoms with Gasteiger partial charge in [-0.3, -0.25) is 4.79 Å². The molecule has 17 heavy (non-hydrogen) atoms. The molecule has 5 heteroatoms. The van der Waals surface area contributed by atoms with Gasteiger partial charge >= 0.3 is 0 Å². The van der Waals surface area contributed by atoms with Crippen LogP contribution in [0.25, 0.3) is 0 Å². The van der Waals surface area contributed by atoms with Crippen LogP contribution in [-0.2, 0) is 0 Å². The molecule has 0 bridgehead atoms. The topological polar surface area (TPSA) is 20.3 Å². The maximum absolute atomic E-state index is 13.0. The quantitative estimate of drug-likeness (QED) is 0.764. The number of nitrogens with zero attached hydrogens (tertiary/aromatic N) is 1. The Balaban J connectivity index is 2.21. The van der Waals surface area contributed by atoms with Crippen molar-refractivity contribution in [1.29, 1.82) is 0 Å². The number of alkyl halides is 1. The Bertz CT molecular complexity index is 441. The molecule has 0 saturated carbocycles. The molecule has 1 amide bonds. The first kappa shape index (κ1) is 12.8. The number of amides is 1. The zero-order chi connectivity index (χ0) is 12.4. The molecule has 2 nitrogen and oxygen atoms in total. The summed E-state index contributed by atoms with van der Waals surface area (Å²) in [6.45, 7) is 0.754. The standard InChI is InChI=1S/C12H12BrClFNO/c13-7-9-2-1-5-16(9)12(17)8-3-4-11(15)10(14)6-8/h3-4,6,9H,1-2,5,7H2. The number of rotatable bonds is 2. The summed E-state index contributed by atoms with van der Waals surface area (Å²) in [6, 6.07) is 4.33. The van der Waals surface area contributed by atoms with E-state index in [9.17, 15) is 9.18 Å². The number of carbonyl (C=O) groups is 1. The first-order chi connectivity index (χ1) is 8.13. The van der Waals surface area contributed by atoms with Crippen molar-refractivity contribution < 1.29 is 9.18 Å². The fourth-order valence-electron chi connectivity index (χ4n) is 2.06. The summed E-state index contributed by atoms with van der Waals surface area (Å²) < 4.78 is 13.0. The molecule has 0 aliphatic carbocycles. The van der Waals surface area contributed by atoms with Gasteiger partial charge in [0, 0.05) is 23.5 Å². The third-order valence-corrected chi connectivity index (χ3v) is 4.02. The Labute approximate surface area is 113 Å². The van der Waals surface area contributed by atoms with E-state index in [-0.39, 0.29) is 17.0 Å². The smallest absolute Gasteiger partial charge is 0.254 e. The highest BCUT2D eigenvalue weighted by Gasteiger charge is 2.28. The second-order valence-electron chi connectivity index (χ2n) is 4.08. The highest BCUT2D eigenvalue weighted by molar-refractivity contribution is 9.09. The van der Waals surface area contributed by atoms with Crippen molar-refractivity contribution in [2.75, 3.05) is 11.9 Å². The second kappa shape index (κ2) is 5.36. The summed E-state index contributed by atoms with van der Waals surface area (Å²) in [6.07, 6.45) is 2.02.